The van der Waals surface area contributed by atoms with E-state index in [1.807, 2.05) is 18.2 Å². The van der Waals surface area contributed by atoms with Crippen molar-refractivity contribution in [3.8, 4) is 5.75 Å². The van der Waals surface area contributed by atoms with E-state index in [-0.39, 0.29) is 5.75 Å². The van der Waals surface area contributed by atoms with E-state index in [1.165, 1.54) is 5.56 Å². The average molecular weight is 454 g/mol. The molecule has 0 atom stereocenters. The number of rotatable bonds is 4. The van der Waals surface area contributed by atoms with Gasteiger partial charge in [0.1, 0.15) is 5.75 Å². The zero-order chi connectivity index (χ0) is 16.9. The quantitative estimate of drug-likeness (QED) is 0.693. The van der Waals surface area contributed by atoms with Crippen LogP contribution in [0.25, 0.3) is 0 Å². The zero-order valence-corrected chi connectivity index (χ0v) is 16.3. The van der Waals surface area contributed by atoms with Crippen molar-refractivity contribution in [3.05, 3.63) is 56.5 Å². The number of aromatic hydroxyl groups is 1. The molecule has 0 spiro atoms. The largest absolute Gasteiger partial charge is 0.506 e. The second-order valence-corrected chi connectivity index (χ2v) is 7.41. The molecule has 3 rings (SSSR count). The number of nitrogens with zero attached hydrogens (tertiary/aromatic N) is 2. The summed E-state index contributed by atoms with van der Waals surface area (Å²) in [6.07, 6.45) is 1.67. The van der Waals surface area contributed by atoms with E-state index in [1.54, 1.807) is 12.3 Å². The van der Waals surface area contributed by atoms with Gasteiger partial charge in [-0.05, 0) is 45.8 Å². The Morgan fingerprint density at radius 3 is 2.54 bits per heavy atom. The molecule has 1 heterocycles. The Hall–Kier alpha value is -1.21. The molecule has 4 nitrogen and oxygen atoms in total. The maximum atomic E-state index is 10.1. The number of aliphatic imine (C=N–C) groups is 1. The molecule has 0 aliphatic carbocycles. The smallest absolute Gasteiger partial charge is 0.138 e. The van der Waals surface area contributed by atoms with Crippen LogP contribution in [0.5, 0.6) is 5.75 Å². The van der Waals surface area contributed by atoms with Crippen molar-refractivity contribution in [2.75, 3.05) is 26.3 Å². The fourth-order valence-electron chi connectivity index (χ4n) is 2.53. The molecule has 6 heteroatoms. The molecule has 0 amide bonds. The molecule has 126 valence electrons. The molecule has 1 N–H and O–H groups in total. The Morgan fingerprint density at radius 1 is 1.12 bits per heavy atom. The minimum absolute atomic E-state index is 0.186. The van der Waals surface area contributed by atoms with Gasteiger partial charge in [-0.1, -0.05) is 28.1 Å². The summed E-state index contributed by atoms with van der Waals surface area (Å²) in [4.78, 5) is 6.83. The van der Waals surface area contributed by atoms with Crippen LogP contribution in [0.3, 0.4) is 0 Å². The van der Waals surface area contributed by atoms with Crippen molar-refractivity contribution in [3.63, 3.8) is 0 Å². The highest BCUT2D eigenvalue weighted by atomic mass is 79.9. The number of phenolic OH excluding ortho intramolecular Hbond substituents is 1. The van der Waals surface area contributed by atoms with Crippen LogP contribution in [-0.4, -0.2) is 42.5 Å². The van der Waals surface area contributed by atoms with Crippen molar-refractivity contribution in [2.24, 2.45) is 4.99 Å². The molecular weight excluding hydrogens is 436 g/mol. The summed E-state index contributed by atoms with van der Waals surface area (Å²) >= 11 is 6.74. The van der Waals surface area contributed by atoms with Gasteiger partial charge >= 0.3 is 0 Å². The molecule has 2 aromatic carbocycles. The number of halogens is 2. The zero-order valence-electron chi connectivity index (χ0n) is 13.1. The van der Waals surface area contributed by atoms with Gasteiger partial charge in [0.25, 0.3) is 0 Å². The Labute approximate surface area is 158 Å². The second-order valence-electron chi connectivity index (χ2n) is 5.64. The van der Waals surface area contributed by atoms with Crippen LogP contribution in [0.2, 0.25) is 0 Å². The van der Waals surface area contributed by atoms with Crippen LogP contribution in [0.1, 0.15) is 11.1 Å². The van der Waals surface area contributed by atoms with Crippen LogP contribution in [0.4, 0.5) is 5.69 Å². The van der Waals surface area contributed by atoms with E-state index in [0.29, 0.717) is 10.0 Å². The highest BCUT2D eigenvalue weighted by Gasteiger charge is 2.10. The predicted molar refractivity (Wildman–Crippen MR) is 103 cm³/mol. The van der Waals surface area contributed by atoms with E-state index in [9.17, 15) is 5.11 Å². The van der Waals surface area contributed by atoms with Crippen LogP contribution in [-0.2, 0) is 11.3 Å². The molecule has 1 saturated heterocycles. The summed E-state index contributed by atoms with van der Waals surface area (Å²) in [5.74, 6) is 0.186. The van der Waals surface area contributed by atoms with Crippen molar-refractivity contribution >= 4 is 43.8 Å². The van der Waals surface area contributed by atoms with Crippen LogP contribution in [0, 0.1) is 0 Å². The summed E-state index contributed by atoms with van der Waals surface area (Å²) in [6.45, 7) is 4.53. The third kappa shape index (κ3) is 4.66. The summed E-state index contributed by atoms with van der Waals surface area (Å²) in [5.41, 5.74) is 2.79. The number of hydrogen-bond acceptors (Lipinski definition) is 4. The van der Waals surface area contributed by atoms with Gasteiger partial charge in [0.15, 0.2) is 0 Å². The topological polar surface area (TPSA) is 45.1 Å². The van der Waals surface area contributed by atoms with Gasteiger partial charge in [-0.25, -0.2) is 0 Å². The average Bonchev–Trinajstić information content (AvgIpc) is 2.59. The highest BCUT2D eigenvalue weighted by molar-refractivity contribution is 9.11. The first-order chi connectivity index (χ1) is 11.6. The maximum Gasteiger partial charge on any atom is 0.138 e. The van der Waals surface area contributed by atoms with E-state index in [4.69, 9.17) is 4.74 Å². The maximum absolute atomic E-state index is 10.1. The van der Waals surface area contributed by atoms with Gasteiger partial charge < -0.3 is 9.84 Å². The normalized spacial score (nSPS) is 15.9. The lowest BCUT2D eigenvalue weighted by Gasteiger charge is -2.26. The number of ether oxygens (including phenoxy) is 1. The van der Waals surface area contributed by atoms with Crippen molar-refractivity contribution in [1.82, 2.24) is 4.90 Å². The molecule has 0 bridgehead atoms. The van der Waals surface area contributed by atoms with Gasteiger partial charge in [0.2, 0.25) is 0 Å². The molecule has 0 radical (unpaired) electrons. The summed E-state index contributed by atoms with van der Waals surface area (Å²) in [6, 6.07) is 11.8. The third-order valence-electron chi connectivity index (χ3n) is 3.86. The first-order valence-corrected chi connectivity index (χ1v) is 9.31. The van der Waals surface area contributed by atoms with Crippen molar-refractivity contribution in [2.45, 2.75) is 6.54 Å². The monoisotopic (exact) mass is 452 g/mol. The van der Waals surface area contributed by atoms with Crippen LogP contribution < -0.4 is 0 Å². The van der Waals surface area contributed by atoms with E-state index >= 15 is 0 Å². The minimum atomic E-state index is 0.186. The SMILES string of the molecule is Oc1c(Br)cc(Br)cc1C=Nc1ccc(CN2CCOCC2)cc1. The van der Waals surface area contributed by atoms with E-state index in [2.05, 4.69) is 53.9 Å². The van der Waals surface area contributed by atoms with Crippen LogP contribution in [0.15, 0.2) is 50.3 Å². The Balaban J connectivity index is 1.67. The first kappa shape index (κ1) is 17.6. The standard InChI is InChI=1S/C18H18Br2N2O2/c19-15-9-14(18(23)17(20)10-15)11-21-16-3-1-13(2-4-16)12-22-5-7-24-8-6-22/h1-4,9-11,23H,5-8,12H2. The highest BCUT2D eigenvalue weighted by Crippen LogP contribution is 2.31. The Morgan fingerprint density at radius 2 is 1.83 bits per heavy atom. The van der Waals surface area contributed by atoms with Gasteiger partial charge in [-0.2, -0.15) is 0 Å². The van der Waals surface area contributed by atoms with Crippen LogP contribution >= 0.6 is 31.9 Å². The second kappa shape index (κ2) is 8.25. The van der Waals surface area contributed by atoms with Gasteiger partial charge in [-0.15, -0.1) is 0 Å². The third-order valence-corrected chi connectivity index (χ3v) is 4.92. The van der Waals surface area contributed by atoms with Crippen molar-refractivity contribution in [1.29, 1.82) is 0 Å². The molecule has 0 saturated carbocycles. The molecule has 0 unspecified atom stereocenters. The van der Waals surface area contributed by atoms with Crippen molar-refractivity contribution < 1.29 is 9.84 Å². The predicted octanol–water partition coefficient (Wildman–Crippen LogP) is 4.50. The lowest BCUT2D eigenvalue weighted by atomic mass is 10.2. The lowest BCUT2D eigenvalue weighted by molar-refractivity contribution is 0.0342. The molecule has 1 fully saturated rings. The molecule has 2 aromatic rings. The minimum Gasteiger partial charge on any atom is -0.506 e. The molecule has 0 aromatic heterocycles. The van der Waals surface area contributed by atoms with E-state index < -0.39 is 0 Å². The molecule has 1 aliphatic heterocycles. The van der Waals surface area contributed by atoms with E-state index in [0.717, 1.165) is 43.0 Å². The Bertz CT molecular complexity index is 727. The molecule has 1 aliphatic rings. The van der Waals surface area contributed by atoms with Gasteiger partial charge in [0.05, 0.1) is 23.4 Å². The number of benzene rings is 2. The molecule has 24 heavy (non-hydrogen) atoms. The lowest BCUT2D eigenvalue weighted by Crippen LogP contribution is -2.35. The number of phenols is 1. The first-order valence-electron chi connectivity index (χ1n) is 7.73. The fraction of sp³-hybridized carbons (Fsp3) is 0.278. The Kier molecular flexibility index (Phi) is 6.05. The summed E-state index contributed by atoms with van der Waals surface area (Å²) in [5, 5.41) is 10.1. The van der Waals surface area contributed by atoms with Gasteiger partial charge in [-0.3, -0.25) is 9.89 Å². The number of morpholine rings is 1. The fourth-order valence-corrected chi connectivity index (χ4v) is 3.79. The summed E-state index contributed by atoms with van der Waals surface area (Å²) in [7, 11) is 0. The number of hydrogen-bond donors (Lipinski definition) is 1. The summed E-state index contributed by atoms with van der Waals surface area (Å²) < 4.78 is 6.89. The molecular formula is C18H18Br2N2O2. The van der Waals surface area contributed by atoms with Gasteiger partial charge in [0, 0.05) is 35.9 Å².